The average molecular weight is 615 g/mol. The van der Waals surface area contributed by atoms with Crippen LogP contribution in [0.15, 0.2) is 12.3 Å². The molecule has 2 saturated heterocycles. The van der Waals surface area contributed by atoms with Crippen LogP contribution in [0.3, 0.4) is 0 Å². The molecule has 3 aromatic heterocycles. The fourth-order valence-electron chi connectivity index (χ4n) is 5.88. The molecule has 3 aliphatic rings. The third-order valence-electron chi connectivity index (χ3n) is 8.60. The van der Waals surface area contributed by atoms with Crippen molar-refractivity contribution in [3.05, 3.63) is 28.3 Å². The zero-order chi connectivity index (χ0) is 29.6. The lowest BCUT2D eigenvalue weighted by Gasteiger charge is -2.42. The largest absolute Gasteiger partial charge is 0.481 e. The predicted octanol–water partition coefficient (Wildman–Crippen LogP) is 3.90. The Balaban J connectivity index is 1.40. The molecule has 3 fully saturated rings. The molecule has 1 aliphatic carbocycles. The van der Waals surface area contributed by atoms with Gasteiger partial charge in [-0.2, -0.15) is 0 Å². The Morgan fingerprint density at radius 2 is 1.79 bits per heavy atom. The van der Waals surface area contributed by atoms with Gasteiger partial charge in [0.1, 0.15) is 0 Å². The maximum absolute atomic E-state index is 12.9. The number of morpholine rings is 1. The number of aryl methyl sites for hydroxylation is 1. The Hall–Kier alpha value is -2.38. The second kappa shape index (κ2) is 11.6. The Morgan fingerprint density at radius 1 is 1.07 bits per heavy atom. The van der Waals surface area contributed by atoms with Crippen molar-refractivity contribution in [2.75, 3.05) is 64.5 Å². The quantitative estimate of drug-likeness (QED) is 0.371. The van der Waals surface area contributed by atoms with Gasteiger partial charge in [-0.3, -0.25) is 9.80 Å². The van der Waals surface area contributed by atoms with Crippen LogP contribution in [0.5, 0.6) is 5.88 Å². The Morgan fingerprint density at radius 3 is 2.43 bits per heavy atom. The van der Waals surface area contributed by atoms with Gasteiger partial charge in [-0.05, 0) is 46.6 Å². The van der Waals surface area contributed by atoms with Crippen molar-refractivity contribution < 1.29 is 17.9 Å². The van der Waals surface area contributed by atoms with Gasteiger partial charge in [-0.25, -0.2) is 23.4 Å². The van der Waals surface area contributed by atoms with Crippen molar-refractivity contribution in [3.8, 4) is 17.1 Å². The van der Waals surface area contributed by atoms with E-state index >= 15 is 0 Å². The van der Waals surface area contributed by atoms with Crippen molar-refractivity contribution in [2.45, 2.75) is 63.6 Å². The van der Waals surface area contributed by atoms with Gasteiger partial charge < -0.3 is 14.4 Å². The number of fused-ring (bicyclic) bond motifs is 1. The Kier molecular flexibility index (Phi) is 8.20. The number of sulfone groups is 1. The van der Waals surface area contributed by atoms with Crippen molar-refractivity contribution in [1.29, 1.82) is 0 Å². The minimum absolute atomic E-state index is 0.0819. The van der Waals surface area contributed by atoms with Crippen molar-refractivity contribution in [2.24, 2.45) is 0 Å². The molecular formula is C30H42N6O4S2. The van der Waals surface area contributed by atoms with Gasteiger partial charge in [0.05, 0.1) is 47.2 Å². The van der Waals surface area contributed by atoms with Crippen LogP contribution in [0.2, 0.25) is 0 Å². The van der Waals surface area contributed by atoms with Crippen LogP contribution < -0.4 is 9.64 Å². The van der Waals surface area contributed by atoms with E-state index < -0.39 is 9.84 Å². The molecule has 0 atom stereocenters. The lowest BCUT2D eigenvalue weighted by molar-refractivity contribution is 0.0592. The number of hydrogen-bond donors (Lipinski definition) is 0. The summed E-state index contributed by atoms with van der Waals surface area (Å²) in [6.45, 7) is 16.7. The Bertz CT molecular complexity index is 1550. The van der Waals surface area contributed by atoms with Crippen molar-refractivity contribution in [3.63, 3.8) is 0 Å². The first-order valence-corrected chi connectivity index (χ1v) is 17.4. The summed E-state index contributed by atoms with van der Waals surface area (Å²) in [5.41, 5.74) is 4.55. The molecule has 1 saturated carbocycles. The number of ether oxygens (including phenoxy) is 2. The summed E-state index contributed by atoms with van der Waals surface area (Å²) in [6.07, 6.45) is 3.21. The highest BCUT2D eigenvalue weighted by atomic mass is 32.2. The molecule has 228 valence electrons. The van der Waals surface area contributed by atoms with E-state index in [4.69, 9.17) is 19.4 Å². The van der Waals surface area contributed by atoms with Gasteiger partial charge in [0.2, 0.25) is 11.8 Å². The molecule has 0 bridgehead atoms. The van der Waals surface area contributed by atoms with Crippen LogP contribution in [0.4, 0.5) is 5.95 Å². The fourth-order valence-corrected chi connectivity index (χ4v) is 8.73. The maximum atomic E-state index is 12.9. The molecule has 0 N–H and O–H groups in total. The fraction of sp³-hybridized carbons (Fsp3) is 0.633. The second-order valence-electron chi connectivity index (χ2n) is 12.6. The number of rotatable bonds is 8. The molecule has 5 heterocycles. The lowest BCUT2D eigenvalue weighted by Crippen LogP contribution is -2.53. The molecule has 0 radical (unpaired) electrons. The zero-order valence-corrected chi connectivity index (χ0v) is 27.0. The highest BCUT2D eigenvalue weighted by Crippen LogP contribution is 2.40. The number of hydrogen-bond acceptors (Lipinski definition) is 11. The molecule has 12 heteroatoms. The van der Waals surface area contributed by atoms with E-state index in [0.29, 0.717) is 30.6 Å². The van der Waals surface area contributed by atoms with Gasteiger partial charge in [0.15, 0.2) is 9.84 Å². The van der Waals surface area contributed by atoms with Crippen LogP contribution in [0.1, 0.15) is 49.6 Å². The summed E-state index contributed by atoms with van der Waals surface area (Å²) in [7, 11) is -1.72. The molecule has 0 amide bonds. The van der Waals surface area contributed by atoms with Gasteiger partial charge in [-0.15, -0.1) is 11.3 Å². The molecule has 0 unspecified atom stereocenters. The summed E-state index contributed by atoms with van der Waals surface area (Å²) in [5.74, 6) is 0.945. The maximum Gasteiger partial charge on any atom is 0.226 e. The molecule has 2 aliphatic heterocycles. The van der Waals surface area contributed by atoms with E-state index in [1.165, 1.54) is 17.6 Å². The number of nitrogens with zero attached hydrogens (tertiary/aromatic N) is 6. The van der Waals surface area contributed by atoms with Crippen LogP contribution in [0.25, 0.3) is 21.5 Å². The molecule has 0 aromatic carbocycles. The van der Waals surface area contributed by atoms with E-state index in [2.05, 4.69) is 47.4 Å². The van der Waals surface area contributed by atoms with Crippen molar-refractivity contribution in [1.82, 2.24) is 24.8 Å². The summed E-state index contributed by atoms with van der Waals surface area (Å²) in [4.78, 5) is 23.3. The first kappa shape index (κ1) is 29.7. The van der Waals surface area contributed by atoms with Crippen molar-refractivity contribution >= 4 is 37.3 Å². The molecule has 3 aromatic rings. The van der Waals surface area contributed by atoms with Gasteiger partial charge in [-0.1, -0.05) is 0 Å². The predicted molar refractivity (Wildman–Crippen MR) is 167 cm³/mol. The number of piperazine rings is 1. The molecule has 0 spiro atoms. The number of pyridine rings is 1. The molecular weight excluding hydrogens is 573 g/mol. The van der Waals surface area contributed by atoms with E-state index in [9.17, 15) is 8.42 Å². The van der Waals surface area contributed by atoms with Crippen LogP contribution >= 0.6 is 11.3 Å². The highest BCUT2D eigenvalue weighted by molar-refractivity contribution is 7.91. The van der Waals surface area contributed by atoms with Gasteiger partial charge >= 0.3 is 0 Å². The van der Waals surface area contributed by atoms with Crippen LogP contribution in [-0.2, 0) is 26.9 Å². The zero-order valence-electron chi connectivity index (χ0n) is 25.4. The number of aromatic nitrogens is 3. The van der Waals surface area contributed by atoms with Crippen LogP contribution in [0, 0.1) is 6.92 Å². The average Bonchev–Trinajstić information content (AvgIpc) is 3.79. The minimum Gasteiger partial charge on any atom is -0.481 e. The minimum atomic E-state index is -3.25. The molecule has 42 heavy (non-hydrogen) atoms. The standard InChI is InChI=1S/C30H42N6O4S2/c1-20-24(18-34-8-10-36(11-9-34)30(2,3)4)26-27(41-20)25(32-29(33-26)35-12-14-40-15-13-35)21-16-22(28(39-5)31-17-21)19-42(37,38)23-6-7-23/h16-17,23H,6-15,18-19H2,1-5H3. The normalized spacial score (nSPS) is 19.5. The third kappa shape index (κ3) is 6.14. The van der Waals surface area contributed by atoms with E-state index in [0.717, 1.165) is 80.1 Å². The Labute approximate surface area is 253 Å². The van der Waals surface area contributed by atoms with E-state index in [-0.39, 0.29) is 16.5 Å². The van der Waals surface area contributed by atoms with Gasteiger partial charge in [0.25, 0.3) is 0 Å². The summed E-state index contributed by atoms with van der Waals surface area (Å²) < 4.78 is 38.0. The van der Waals surface area contributed by atoms with Gasteiger partial charge in [0, 0.05) is 79.1 Å². The van der Waals surface area contributed by atoms with E-state index in [1.807, 2.05) is 6.07 Å². The highest BCUT2D eigenvalue weighted by Gasteiger charge is 2.36. The summed E-state index contributed by atoms with van der Waals surface area (Å²) in [6, 6.07) is 1.90. The topological polar surface area (TPSA) is 101 Å². The molecule has 10 nitrogen and oxygen atoms in total. The summed E-state index contributed by atoms with van der Waals surface area (Å²) in [5, 5.41) is -0.252. The molecule has 6 rings (SSSR count). The first-order chi connectivity index (χ1) is 20.0. The number of anilines is 1. The SMILES string of the molecule is COc1ncc(-c2nc(N3CCOCC3)nc3c(CN4CCN(C(C)(C)C)CC4)c(C)sc23)cc1CS(=O)(=O)C1CC1. The first-order valence-electron chi connectivity index (χ1n) is 14.9. The monoisotopic (exact) mass is 614 g/mol. The van der Waals surface area contributed by atoms with Crippen LogP contribution in [-0.4, -0.2) is 104 Å². The third-order valence-corrected chi connectivity index (χ3v) is 11.9. The second-order valence-corrected chi connectivity index (χ2v) is 16.1. The summed E-state index contributed by atoms with van der Waals surface area (Å²) >= 11 is 1.71. The van der Waals surface area contributed by atoms with E-state index in [1.54, 1.807) is 17.5 Å². The lowest BCUT2D eigenvalue weighted by atomic mass is 10.0. The smallest absolute Gasteiger partial charge is 0.226 e. The number of thiophene rings is 1. The number of methoxy groups -OCH3 is 1.